The summed E-state index contributed by atoms with van der Waals surface area (Å²) < 4.78 is 0. The molecule has 1 aliphatic rings. The fourth-order valence-electron chi connectivity index (χ4n) is 2.79. The molecule has 3 rings (SSSR count). The van der Waals surface area contributed by atoms with Gasteiger partial charge in [0, 0.05) is 0 Å². The van der Waals surface area contributed by atoms with Gasteiger partial charge in [0.25, 0.3) is 0 Å². The summed E-state index contributed by atoms with van der Waals surface area (Å²) in [5, 5.41) is 6.11. The minimum Gasteiger partial charge on any atom is -0.0767 e. The summed E-state index contributed by atoms with van der Waals surface area (Å²) >= 11 is 0. The summed E-state index contributed by atoms with van der Waals surface area (Å²) in [6.45, 7) is 7.34. The first-order valence-electron chi connectivity index (χ1n) is 7.87. The highest BCUT2D eigenvalue weighted by molar-refractivity contribution is 7.77. The van der Waals surface area contributed by atoms with E-state index in [2.05, 4.69) is 92.5 Å². The molecule has 0 aromatic heterocycles. The summed E-state index contributed by atoms with van der Waals surface area (Å²) in [4.78, 5) is 0. The second-order valence-corrected chi connectivity index (χ2v) is 14.1. The van der Waals surface area contributed by atoms with Crippen molar-refractivity contribution in [1.29, 1.82) is 0 Å². The smallest absolute Gasteiger partial charge is 0.0728 e. The second-order valence-electron chi connectivity index (χ2n) is 6.76. The van der Waals surface area contributed by atoms with E-state index in [1.54, 1.807) is 5.20 Å². The zero-order chi connectivity index (χ0) is 15.6. The molecule has 0 saturated carbocycles. The molecule has 0 unspecified atom stereocenters. The van der Waals surface area contributed by atoms with E-state index in [0.717, 1.165) is 6.42 Å². The van der Waals surface area contributed by atoms with Crippen molar-refractivity contribution in [3.63, 3.8) is 0 Å². The predicted molar refractivity (Wildman–Crippen MR) is 103 cm³/mol. The highest BCUT2D eigenvalue weighted by Gasteiger charge is 2.26. The number of hydrogen-bond donors (Lipinski definition) is 0. The van der Waals surface area contributed by atoms with E-state index in [0.29, 0.717) is 0 Å². The van der Waals surface area contributed by atoms with Gasteiger partial charge in [-0.3, -0.25) is 0 Å². The maximum Gasteiger partial charge on any atom is 0.0728 e. The van der Waals surface area contributed by atoms with Gasteiger partial charge in [0.2, 0.25) is 0 Å². The van der Waals surface area contributed by atoms with Crippen LogP contribution in [0, 0.1) is 0 Å². The molecule has 2 aromatic rings. The van der Waals surface area contributed by atoms with Gasteiger partial charge in [0.05, 0.1) is 8.07 Å². The van der Waals surface area contributed by atoms with Crippen LogP contribution in [0.1, 0.15) is 6.42 Å². The van der Waals surface area contributed by atoms with Crippen molar-refractivity contribution in [3.05, 3.63) is 83.3 Å². The van der Waals surface area contributed by atoms with Gasteiger partial charge in [-0.15, -0.1) is 0 Å². The van der Waals surface area contributed by atoms with Crippen LogP contribution in [0.25, 0.3) is 0 Å². The second kappa shape index (κ2) is 6.36. The standard InChI is InChI=1S/C20H23PSi/c1-22(2,3)20-15-14-19(16-20)21(17-10-6-4-7-11-17)18-12-8-5-9-13-18/h4-14,16H,15H2,1-3H3. The summed E-state index contributed by atoms with van der Waals surface area (Å²) in [6, 6.07) is 22.0. The molecule has 0 aliphatic heterocycles. The minimum absolute atomic E-state index is 0.419. The van der Waals surface area contributed by atoms with Crippen LogP contribution in [0.3, 0.4) is 0 Å². The number of allylic oxidation sites excluding steroid dienone is 4. The predicted octanol–water partition coefficient (Wildman–Crippen LogP) is 5.21. The van der Waals surface area contributed by atoms with Crippen LogP contribution in [0.4, 0.5) is 0 Å². The molecular formula is C20H23PSi. The van der Waals surface area contributed by atoms with Crippen molar-refractivity contribution in [1.82, 2.24) is 0 Å². The fraction of sp³-hybridized carbons (Fsp3) is 0.200. The van der Waals surface area contributed by atoms with Crippen molar-refractivity contribution in [2.24, 2.45) is 0 Å². The third kappa shape index (κ3) is 3.32. The minimum atomic E-state index is -1.19. The SMILES string of the molecule is C[Si](C)(C)C1=CC(P(c2ccccc2)c2ccccc2)=CC1. The lowest BCUT2D eigenvalue weighted by Crippen LogP contribution is -2.22. The molecule has 0 fully saturated rings. The Balaban J connectivity index is 2.03. The van der Waals surface area contributed by atoms with Crippen LogP contribution in [0.5, 0.6) is 0 Å². The zero-order valence-corrected chi connectivity index (χ0v) is 15.5. The first-order chi connectivity index (χ1) is 10.6. The molecule has 2 aromatic carbocycles. The lowest BCUT2D eigenvalue weighted by Gasteiger charge is -2.20. The summed E-state index contributed by atoms with van der Waals surface area (Å²) in [7, 11) is -1.61. The zero-order valence-electron chi connectivity index (χ0n) is 13.6. The van der Waals surface area contributed by atoms with Gasteiger partial charge in [-0.25, -0.2) is 0 Å². The van der Waals surface area contributed by atoms with Crippen LogP contribution in [0.2, 0.25) is 19.6 Å². The molecule has 1 aliphatic carbocycles. The molecule has 0 amide bonds. The third-order valence-electron chi connectivity index (χ3n) is 4.10. The normalized spacial score (nSPS) is 14.9. The van der Waals surface area contributed by atoms with E-state index >= 15 is 0 Å². The first kappa shape index (κ1) is 15.5. The fourth-order valence-corrected chi connectivity index (χ4v) is 6.61. The van der Waals surface area contributed by atoms with Crippen LogP contribution in [-0.4, -0.2) is 8.07 Å². The van der Waals surface area contributed by atoms with E-state index in [1.165, 1.54) is 15.9 Å². The summed E-state index contributed by atoms with van der Waals surface area (Å²) in [6.07, 6.45) is 6.14. The lowest BCUT2D eigenvalue weighted by atomic mass is 10.4. The molecule has 0 spiro atoms. The van der Waals surface area contributed by atoms with Crippen molar-refractivity contribution in [2.75, 3.05) is 0 Å². The average molecular weight is 322 g/mol. The Morgan fingerprint density at radius 3 is 1.68 bits per heavy atom. The molecule has 0 nitrogen and oxygen atoms in total. The Hall–Kier alpha value is -1.43. The molecule has 22 heavy (non-hydrogen) atoms. The van der Waals surface area contributed by atoms with Crippen LogP contribution < -0.4 is 10.6 Å². The molecular weight excluding hydrogens is 299 g/mol. The van der Waals surface area contributed by atoms with E-state index in [1.807, 2.05) is 0 Å². The maximum absolute atomic E-state index is 2.51. The van der Waals surface area contributed by atoms with Gasteiger partial charge in [-0.1, -0.05) is 97.7 Å². The van der Waals surface area contributed by atoms with Gasteiger partial charge in [0.15, 0.2) is 0 Å². The van der Waals surface area contributed by atoms with E-state index in [4.69, 9.17) is 0 Å². The van der Waals surface area contributed by atoms with E-state index < -0.39 is 16.0 Å². The van der Waals surface area contributed by atoms with Gasteiger partial charge in [-0.05, 0) is 30.3 Å². The quantitative estimate of drug-likeness (QED) is 0.535. The van der Waals surface area contributed by atoms with Gasteiger partial charge >= 0.3 is 0 Å². The molecule has 112 valence electrons. The lowest BCUT2D eigenvalue weighted by molar-refractivity contribution is 1.35. The van der Waals surface area contributed by atoms with Crippen molar-refractivity contribution >= 4 is 26.6 Å². The van der Waals surface area contributed by atoms with Gasteiger partial charge < -0.3 is 0 Å². The van der Waals surface area contributed by atoms with Crippen molar-refractivity contribution < 1.29 is 0 Å². The Morgan fingerprint density at radius 2 is 1.27 bits per heavy atom. The van der Waals surface area contributed by atoms with E-state index in [9.17, 15) is 0 Å². The van der Waals surface area contributed by atoms with E-state index in [-0.39, 0.29) is 0 Å². The van der Waals surface area contributed by atoms with Crippen molar-refractivity contribution in [2.45, 2.75) is 26.1 Å². The monoisotopic (exact) mass is 322 g/mol. The van der Waals surface area contributed by atoms with Crippen LogP contribution in [0.15, 0.2) is 83.3 Å². The molecule has 0 saturated heterocycles. The summed E-state index contributed by atoms with van der Waals surface area (Å²) in [5.41, 5.74) is 0. The number of benzene rings is 2. The Labute approximate surface area is 136 Å². The maximum atomic E-state index is 2.51. The molecule has 0 bridgehead atoms. The Morgan fingerprint density at radius 1 is 0.773 bits per heavy atom. The molecule has 0 radical (unpaired) electrons. The molecule has 0 N–H and O–H groups in total. The topological polar surface area (TPSA) is 0 Å². The molecule has 2 heteroatoms. The first-order valence-corrected chi connectivity index (χ1v) is 12.7. The Bertz CT molecular complexity index is 654. The van der Waals surface area contributed by atoms with Crippen LogP contribution >= 0.6 is 7.92 Å². The number of rotatable bonds is 4. The highest BCUT2D eigenvalue weighted by atomic mass is 31.1. The largest absolute Gasteiger partial charge is 0.0767 e. The van der Waals surface area contributed by atoms with Gasteiger partial charge in [0.1, 0.15) is 0 Å². The average Bonchev–Trinajstić information content (AvgIpc) is 2.99. The number of hydrogen-bond acceptors (Lipinski definition) is 0. The Kier molecular flexibility index (Phi) is 4.47. The molecule has 0 atom stereocenters. The van der Waals surface area contributed by atoms with Gasteiger partial charge in [-0.2, -0.15) is 0 Å². The highest BCUT2D eigenvalue weighted by Crippen LogP contribution is 2.47. The molecule has 0 heterocycles. The van der Waals surface area contributed by atoms with Crippen molar-refractivity contribution in [3.8, 4) is 0 Å². The summed E-state index contributed by atoms with van der Waals surface area (Å²) in [5.74, 6) is 0. The third-order valence-corrected chi connectivity index (χ3v) is 8.84. The van der Waals surface area contributed by atoms with Crippen LogP contribution in [-0.2, 0) is 0 Å².